The summed E-state index contributed by atoms with van der Waals surface area (Å²) in [4.78, 5) is 28.5. The van der Waals surface area contributed by atoms with E-state index in [-0.39, 0.29) is 18.4 Å². The molecule has 5 heteroatoms. The van der Waals surface area contributed by atoms with Crippen molar-refractivity contribution in [2.45, 2.75) is 19.4 Å². The monoisotopic (exact) mass is 363 g/mol. The molecule has 3 rings (SSSR count). The Kier molecular flexibility index (Phi) is 6.39. The van der Waals surface area contributed by atoms with Crippen LogP contribution in [0, 0.1) is 0 Å². The van der Waals surface area contributed by atoms with Crippen LogP contribution in [0.5, 0.6) is 0 Å². The first-order chi connectivity index (χ1) is 13.2. The van der Waals surface area contributed by atoms with E-state index in [1.807, 2.05) is 59.5 Å². The first-order valence-electron chi connectivity index (χ1n) is 9.24. The Bertz CT molecular complexity index is 804. The SMILES string of the molecule is C=CCN(CC(=O)Nc1ccccc1N1CCCC1=O)Cc1ccccc1. The molecule has 0 spiro atoms. The van der Waals surface area contributed by atoms with Gasteiger partial charge in [0, 0.05) is 26.1 Å². The molecule has 0 saturated carbocycles. The Morgan fingerprint density at radius 3 is 2.59 bits per heavy atom. The summed E-state index contributed by atoms with van der Waals surface area (Å²) >= 11 is 0. The molecule has 1 fully saturated rings. The van der Waals surface area contributed by atoms with Gasteiger partial charge >= 0.3 is 0 Å². The normalized spacial score (nSPS) is 13.8. The zero-order chi connectivity index (χ0) is 19.1. The van der Waals surface area contributed by atoms with E-state index in [1.54, 1.807) is 11.0 Å². The summed E-state index contributed by atoms with van der Waals surface area (Å²) in [7, 11) is 0. The van der Waals surface area contributed by atoms with Crippen LogP contribution in [0.4, 0.5) is 11.4 Å². The fourth-order valence-electron chi connectivity index (χ4n) is 3.32. The van der Waals surface area contributed by atoms with Crippen LogP contribution in [0.15, 0.2) is 67.3 Å². The molecule has 0 atom stereocenters. The van der Waals surface area contributed by atoms with Crippen LogP contribution in [0.3, 0.4) is 0 Å². The third-order valence-electron chi connectivity index (χ3n) is 4.55. The Hall–Kier alpha value is -2.92. The van der Waals surface area contributed by atoms with E-state index < -0.39 is 0 Å². The minimum atomic E-state index is -0.105. The van der Waals surface area contributed by atoms with E-state index in [2.05, 4.69) is 11.9 Å². The average Bonchev–Trinajstić information content (AvgIpc) is 3.09. The molecule has 1 N–H and O–H groups in total. The molecule has 2 aromatic rings. The number of benzene rings is 2. The number of hydrogen-bond acceptors (Lipinski definition) is 3. The molecule has 2 amide bonds. The van der Waals surface area contributed by atoms with E-state index in [0.29, 0.717) is 31.7 Å². The fourth-order valence-corrected chi connectivity index (χ4v) is 3.32. The zero-order valence-electron chi connectivity index (χ0n) is 15.4. The molecule has 1 aliphatic heterocycles. The minimum Gasteiger partial charge on any atom is -0.323 e. The number of amides is 2. The van der Waals surface area contributed by atoms with Crippen LogP contribution >= 0.6 is 0 Å². The van der Waals surface area contributed by atoms with Gasteiger partial charge in [-0.2, -0.15) is 0 Å². The predicted octanol–water partition coefficient (Wildman–Crippen LogP) is 3.44. The van der Waals surface area contributed by atoms with Gasteiger partial charge in [-0.1, -0.05) is 48.5 Å². The predicted molar refractivity (Wildman–Crippen MR) is 109 cm³/mol. The van der Waals surface area contributed by atoms with E-state index in [9.17, 15) is 9.59 Å². The Morgan fingerprint density at radius 1 is 1.15 bits per heavy atom. The Labute approximate surface area is 160 Å². The number of para-hydroxylation sites is 2. The highest BCUT2D eigenvalue weighted by Gasteiger charge is 2.24. The van der Waals surface area contributed by atoms with Gasteiger partial charge in [0.15, 0.2) is 0 Å². The zero-order valence-corrected chi connectivity index (χ0v) is 15.4. The maximum atomic E-state index is 12.6. The fraction of sp³-hybridized carbons (Fsp3) is 0.273. The molecule has 1 heterocycles. The van der Waals surface area contributed by atoms with Gasteiger partial charge in [0.25, 0.3) is 0 Å². The summed E-state index contributed by atoms with van der Waals surface area (Å²) in [6, 6.07) is 17.5. The average molecular weight is 363 g/mol. The maximum absolute atomic E-state index is 12.6. The second-order valence-corrected chi connectivity index (χ2v) is 6.66. The van der Waals surface area contributed by atoms with E-state index in [0.717, 1.165) is 17.7 Å². The van der Waals surface area contributed by atoms with E-state index in [1.165, 1.54) is 0 Å². The van der Waals surface area contributed by atoms with Crippen molar-refractivity contribution in [2.75, 3.05) is 29.9 Å². The van der Waals surface area contributed by atoms with Crippen molar-refractivity contribution >= 4 is 23.2 Å². The maximum Gasteiger partial charge on any atom is 0.238 e. The highest BCUT2D eigenvalue weighted by Crippen LogP contribution is 2.29. The summed E-state index contributed by atoms with van der Waals surface area (Å²) in [5.74, 6) is 0.000868. The lowest BCUT2D eigenvalue weighted by Crippen LogP contribution is -2.33. The number of nitrogens with zero attached hydrogens (tertiary/aromatic N) is 2. The number of carbonyl (C=O) groups is 2. The molecular formula is C22H25N3O2. The molecule has 5 nitrogen and oxygen atoms in total. The van der Waals surface area contributed by atoms with Gasteiger partial charge in [-0.3, -0.25) is 14.5 Å². The standard InChI is InChI=1S/C22H25N3O2/c1-2-14-24(16-18-9-4-3-5-10-18)17-21(26)23-19-11-6-7-12-20(19)25-15-8-13-22(25)27/h2-7,9-12H,1,8,13-17H2,(H,23,26). The highest BCUT2D eigenvalue weighted by molar-refractivity contribution is 6.02. The molecule has 27 heavy (non-hydrogen) atoms. The van der Waals surface area contributed by atoms with Gasteiger partial charge in [-0.05, 0) is 24.1 Å². The van der Waals surface area contributed by atoms with Crippen LogP contribution in [0.25, 0.3) is 0 Å². The summed E-state index contributed by atoms with van der Waals surface area (Å²) in [6.45, 7) is 6.03. The van der Waals surface area contributed by atoms with Gasteiger partial charge in [0.1, 0.15) is 0 Å². The topological polar surface area (TPSA) is 52.7 Å². The second-order valence-electron chi connectivity index (χ2n) is 6.66. The lowest BCUT2D eigenvalue weighted by molar-refractivity contribution is -0.118. The Balaban J connectivity index is 1.67. The van der Waals surface area contributed by atoms with Crippen LogP contribution in [0.2, 0.25) is 0 Å². The molecule has 1 aliphatic rings. The number of anilines is 2. The van der Waals surface area contributed by atoms with Crippen molar-refractivity contribution in [1.29, 1.82) is 0 Å². The lowest BCUT2D eigenvalue weighted by atomic mass is 10.2. The largest absolute Gasteiger partial charge is 0.323 e. The van der Waals surface area contributed by atoms with Crippen LogP contribution in [0.1, 0.15) is 18.4 Å². The molecule has 0 radical (unpaired) electrons. The van der Waals surface area contributed by atoms with Crippen molar-refractivity contribution < 1.29 is 9.59 Å². The molecule has 2 aromatic carbocycles. The summed E-state index contributed by atoms with van der Waals surface area (Å²) in [6.07, 6.45) is 3.21. The number of rotatable bonds is 8. The van der Waals surface area contributed by atoms with E-state index in [4.69, 9.17) is 0 Å². The minimum absolute atomic E-state index is 0.105. The van der Waals surface area contributed by atoms with Gasteiger partial charge in [0.05, 0.1) is 17.9 Å². The third kappa shape index (κ3) is 5.05. The van der Waals surface area contributed by atoms with Crippen molar-refractivity contribution in [2.24, 2.45) is 0 Å². The van der Waals surface area contributed by atoms with Gasteiger partial charge in [-0.25, -0.2) is 0 Å². The van der Waals surface area contributed by atoms with Gasteiger partial charge < -0.3 is 10.2 Å². The molecule has 0 aliphatic carbocycles. The molecule has 0 bridgehead atoms. The van der Waals surface area contributed by atoms with Crippen molar-refractivity contribution in [1.82, 2.24) is 4.90 Å². The summed E-state index contributed by atoms with van der Waals surface area (Å²) in [5, 5.41) is 2.97. The van der Waals surface area contributed by atoms with Crippen molar-refractivity contribution in [3.05, 3.63) is 72.8 Å². The van der Waals surface area contributed by atoms with Crippen molar-refractivity contribution in [3.8, 4) is 0 Å². The first kappa shape index (κ1) is 18.9. The summed E-state index contributed by atoms with van der Waals surface area (Å²) in [5.41, 5.74) is 2.60. The lowest BCUT2D eigenvalue weighted by Gasteiger charge is -2.22. The second kappa shape index (κ2) is 9.14. The molecule has 1 saturated heterocycles. The quantitative estimate of drug-likeness (QED) is 0.731. The molecular weight excluding hydrogens is 338 g/mol. The Morgan fingerprint density at radius 2 is 1.89 bits per heavy atom. The molecule has 0 aromatic heterocycles. The number of hydrogen-bond donors (Lipinski definition) is 1. The number of nitrogens with one attached hydrogen (secondary N) is 1. The first-order valence-corrected chi connectivity index (χ1v) is 9.24. The molecule has 140 valence electrons. The van der Waals surface area contributed by atoms with Crippen LogP contribution in [-0.4, -0.2) is 36.3 Å². The smallest absolute Gasteiger partial charge is 0.238 e. The third-order valence-corrected chi connectivity index (χ3v) is 4.55. The highest BCUT2D eigenvalue weighted by atomic mass is 16.2. The van der Waals surface area contributed by atoms with Gasteiger partial charge in [-0.15, -0.1) is 6.58 Å². The van der Waals surface area contributed by atoms with Crippen LogP contribution < -0.4 is 10.2 Å². The van der Waals surface area contributed by atoms with E-state index >= 15 is 0 Å². The van der Waals surface area contributed by atoms with Crippen LogP contribution in [-0.2, 0) is 16.1 Å². The molecule has 0 unspecified atom stereocenters. The van der Waals surface area contributed by atoms with Crippen molar-refractivity contribution in [3.63, 3.8) is 0 Å². The number of carbonyl (C=O) groups excluding carboxylic acids is 2. The van der Waals surface area contributed by atoms with Gasteiger partial charge in [0.2, 0.25) is 11.8 Å². The summed E-state index contributed by atoms with van der Waals surface area (Å²) < 4.78 is 0.